The lowest BCUT2D eigenvalue weighted by molar-refractivity contribution is 0.0512. The van der Waals surface area contributed by atoms with Crippen LogP contribution in [0, 0.1) is 11.7 Å². The number of anilines is 1. The number of amides is 1. The normalized spacial score (nSPS) is 15.6. The highest BCUT2D eigenvalue weighted by Gasteiger charge is 2.32. The van der Waals surface area contributed by atoms with Gasteiger partial charge in [-0.25, -0.2) is 14.4 Å². The minimum atomic E-state index is -0.404. The first-order valence-corrected chi connectivity index (χ1v) is 9.54. The number of likely N-dealkylation sites (tertiary alicyclic amines) is 1. The van der Waals surface area contributed by atoms with E-state index in [2.05, 4.69) is 20.3 Å². The number of rotatable bonds is 5. The number of carbonyl (C=O) groups excluding carboxylic acids is 1. The molecule has 1 fully saturated rings. The molecule has 1 unspecified atom stereocenters. The number of fused-ring (bicyclic) bond motifs is 1. The molecular weight excluding hydrogens is 367 g/mol. The molecule has 1 saturated heterocycles. The van der Waals surface area contributed by atoms with Gasteiger partial charge in [0.1, 0.15) is 5.82 Å². The molecule has 9 heteroatoms. The van der Waals surface area contributed by atoms with Crippen LogP contribution in [0.2, 0.25) is 0 Å². The van der Waals surface area contributed by atoms with Crippen molar-refractivity contribution in [2.75, 3.05) is 25.0 Å². The summed E-state index contributed by atoms with van der Waals surface area (Å²) >= 11 is 1.44. The molecule has 0 radical (unpaired) electrons. The van der Waals surface area contributed by atoms with E-state index in [0.717, 1.165) is 10.9 Å². The fourth-order valence-corrected chi connectivity index (χ4v) is 3.86. The van der Waals surface area contributed by atoms with Crippen molar-refractivity contribution >= 4 is 33.4 Å². The molecule has 0 aromatic carbocycles. The molecule has 0 aliphatic carbocycles. The second kappa shape index (κ2) is 7.16. The molecule has 1 aliphatic heterocycles. The molecule has 7 nitrogen and oxygen atoms in total. The van der Waals surface area contributed by atoms with Crippen LogP contribution >= 0.6 is 11.3 Å². The number of thiophene rings is 1. The van der Waals surface area contributed by atoms with Crippen LogP contribution < -0.4 is 11.1 Å². The number of carbonyl (C=O) groups is 1. The van der Waals surface area contributed by atoms with Gasteiger partial charge < -0.3 is 16.0 Å². The van der Waals surface area contributed by atoms with Crippen molar-refractivity contribution in [3.05, 3.63) is 47.0 Å². The van der Waals surface area contributed by atoms with Crippen LogP contribution in [0.1, 0.15) is 29.0 Å². The van der Waals surface area contributed by atoms with Crippen LogP contribution in [0.4, 0.5) is 10.3 Å². The van der Waals surface area contributed by atoms with E-state index in [1.165, 1.54) is 17.4 Å². The number of pyridine rings is 1. The Kier molecular flexibility index (Phi) is 4.71. The molecule has 0 saturated carbocycles. The molecule has 3 aromatic heterocycles. The number of halogens is 1. The highest BCUT2D eigenvalue weighted by Crippen LogP contribution is 2.28. The van der Waals surface area contributed by atoms with E-state index in [9.17, 15) is 9.18 Å². The second-order valence-electron chi connectivity index (χ2n) is 6.65. The molecule has 1 atom stereocenters. The Morgan fingerprint density at radius 2 is 2.26 bits per heavy atom. The predicted molar refractivity (Wildman–Crippen MR) is 102 cm³/mol. The fraction of sp³-hybridized carbons (Fsp3) is 0.333. The van der Waals surface area contributed by atoms with E-state index < -0.39 is 5.82 Å². The van der Waals surface area contributed by atoms with Crippen molar-refractivity contribution in [2.45, 2.75) is 13.0 Å². The number of nitrogens with zero attached hydrogens (tertiary/aromatic N) is 4. The number of hydrogen-bond acceptors (Lipinski definition) is 7. The topological polar surface area (TPSA) is 97.0 Å². The van der Waals surface area contributed by atoms with E-state index in [1.807, 2.05) is 18.4 Å². The Bertz CT molecular complexity index is 987. The van der Waals surface area contributed by atoms with Crippen molar-refractivity contribution in [2.24, 2.45) is 11.7 Å². The number of hydrogen-bond donors (Lipinski definition) is 2. The molecule has 1 amide bonds. The van der Waals surface area contributed by atoms with Crippen molar-refractivity contribution < 1.29 is 9.18 Å². The van der Waals surface area contributed by atoms with Crippen molar-refractivity contribution in [3.63, 3.8) is 0 Å². The van der Waals surface area contributed by atoms with E-state index >= 15 is 0 Å². The van der Waals surface area contributed by atoms with Gasteiger partial charge >= 0.3 is 0 Å². The van der Waals surface area contributed by atoms with Crippen LogP contribution in [-0.4, -0.2) is 45.4 Å². The van der Waals surface area contributed by atoms with Gasteiger partial charge in [0.25, 0.3) is 5.91 Å². The van der Waals surface area contributed by atoms with Gasteiger partial charge in [0.15, 0.2) is 5.69 Å². The van der Waals surface area contributed by atoms with Crippen molar-refractivity contribution in [3.8, 4) is 0 Å². The minimum absolute atomic E-state index is 0.113. The van der Waals surface area contributed by atoms with Gasteiger partial charge in [-0.3, -0.25) is 9.78 Å². The summed E-state index contributed by atoms with van der Waals surface area (Å²) in [5, 5.41) is 5.03. The maximum absolute atomic E-state index is 13.4. The summed E-state index contributed by atoms with van der Waals surface area (Å²) in [6.07, 6.45) is 2.74. The van der Waals surface area contributed by atoms with Crippen molar-refractivity contribution in [1.82, 2.24) is 19.9 Å². The number of aromatic nitrogens is 3. The van der Waals surface area contributed by atoms with Crippen molar-refractivity contribution in [1.29, 1.82) is 0 Å². The predicted octanol–water partition coefficient (Wildman–Crippen LogP) is 2.43. The highest BCUT2D eigenvalue weighted by molar-refractivity contribution is 7.17. The van der Waals surface area contributed by atoms with Gasteiger partial charge in [-0.1, -0.05) is 0 Å². The third-order valence-electron chi connectivity index (χ3n) is 4.66. The Balaban J connectivity index is 1.61. The maximum atomic E-state index is 13.4. The Morgan fingerprint density at radius 1 is 1.44 bits per heavy atom. The van der Waals surface area contributed by atoms with E-state index in [0.29, 0.717) is 48.3 Å². The van der Waals surface area contributed by atoms with Gasteiger partial charge in [0, 0.05) is 25.2 Å². The van der Waals surface area contributed by atoms with E-state index in [4.69, 9.17) is 5.73 Å². The van der Waals surface area contributed by atoms with E-state index in [1.54, 1.807) is 11.1 Å². The monoisotopic (exact) mass is 386 g/mol. The van der Waals surface area contributed by atoms with Gasteiger partial charge in [-0.05, 0) is 36.5 Å². The first kappa shape index (κ1) is 17.7. The molecule has 3 aromatic rings. The molecule has 4 rings (SSSR count). The highest BCUT2D eigenvalue weighted by atomic mass is 32.1. The summed E-state index contributed by atoms with van der Waals surface area (Å²) in [7, 11) is 0. The van der Waals surface area contributed by atoms with Gasteiger partial charge in [0.2, 0.25) is 5.95 Å². The first-order valence-electron chi connectivity index (χ1n) is 8.66. The summed E-state index contributed by atoms with van der Waals surface area (Å²) in [5.74, 6) is 0.167. The number of nitrogens with one attached hydrogen (secondary N) is 1. The van der Waals surface area contributed by atoms with Gasteiger partial charge in [0.05, 0.1) is 22.5 Å². The van der Waals surface area contributed by atoms with Crippen LogP contribution in [0.15, 0.2) is 29.9 Å². The summed E-state index contributed by atoms with van der Waals surface area (Å²) < 4.78 is 14.2. The molecule has 0 bridgehead atoms. The first-order chi connectivity index (χ1) is 13.0. The van der Waals surface area contributed by atoms with E-state index in [-0.39, 0.29) is 11.9 Å². The van der Waals surface area contributed by atoms with Crippen LogP contribution in [0.5, 0.6) is 0 Å². The summed E-state index contributed by atoms with van der Waals surface area (Å²) in [6, 6.07) is 3.00. The summed E-state index contributed by atoms with van der Waals surface area (Å²) in [5.41, 5.74) is 7.42. The Labute approximate surface area is 159 Å². The lowest BCUT2D eigenvalue weighted by Gasteiger charge is -2.38. The zero-order valence-electron chi connectivity index (χ0n) is 14.7. The molecule has 140 valence electrons. The Hall–Kier alpha value is -2.65. The maximum Gasteiger partial charge on any atom is 0.274 e. The molecule has 27 heavy (non-hydrogen) atoms. The molecular formula is C18H19FN6OS. The molecule has 3 N–H and O–H groups in total. The lowest BCUT2D eigenvalue weighted by Crippen LogP contribution is -2.52. The fourth-order valence-electron chi connectivity index (χ4n) is 3.05. The van der Waals surface area contributed by atoms with Crippen LogP contribution in [0.25, 0.3) is 10.2 Å². The SMILES string of the molecule is CC(Nc1nc(C(=O)N2CC(CN)C2)c2sccc2n1)c1cncc(F)c1. The summed E-state index contributed by atoms with van der Waals surface area (Å²) in [4.78, 5) is 27.4. The molecule has 4 heterocycles. The molecule has 1 aliphatic rings. The largest absolute Gasteiger partial charge is 0.348 e. The third-order valence-corrected chi connectivity index (χ3v) is 5.57. The smallest absolute Gasteiger partial charge is 0.274 e. The quantitative estimate of drug-likeness (QED) is 0.699. The average Bonchev–Trinajstić information content (AvgIpc) is 3.08. The molecule has 0 spiro atoms. The second-order valence-corrected chi connectivity index (χ2v) is 7.56. The standard InChI is InChI=1S/C18H19FN6OS/c1-10(12-4-13(19)7-21-6-12)22-18-23-14-2-3-27-16(14)15(24-18)17(26)25-8-11(5-20)9-25/h2-4,6-7,10-11H,5,8-9,20H2,1H3,(H,22,23,24). The van der Waals surface area contributed by atoms with Gasteiger partial charge in [-0.15, -0.1) is 11.3 Å². The lowest BCUT2D eigenvalue weighted by atomic mass is 10.00. The minimum Gasteiger partial charge on any atom is -0.348 e. The Morgan fingerprint density at radius 3 is 3.00 bits per heavy atom. The zero-order valence-corrected chi connectivity index (χ0v) is 15.5. The van der Waals surface area contributed by atoms with Crippen LogP contribution in [0.3, 0.4) is 0 Å². The number of nitrogens with two attached hydrogens (primary N) is 1. The van der Waals surface area contributed by atoms with Gasteiger partial charge in [-0.2, -0.15) is 0 Å². The van der Waals surface area contributed by atoms with Crippen LogP contribution in [-0.2, 0) is 0 Å². The summed E-state index contributed by atoms with van der Waals surface area (Å²) in [6.45, 7) is 3.75. The third kappa shape index (κ3) is 3.47. The zero-order chi connectivity index (χ0) is 19.0. The average molecular weight is 386 g/mol.